The molecule has 0 aliphatic heterocycles. The SMILES string of the molecule is COc1ccc(C(Cc2ccccc2C)NCc2ccco2)cc1OC. The predicted octanol–water partition coefficient (Wildman–Crippen LogP) is 4.68. The summed E-state index contributed by atoms with van der Waals surface area (Å²) in [6, 6.07) is 18.6. The van der Waals surface area contributed by atoms with E-state index in [2.05, 4.69) is 42.6 Å². The van der Waals surface area contributed by atoms with Gasteiger partial charge in [-0.25, -0.2) is 0 Å². The van der Waals surface area contributed by atoms with Crippen molar-refractivity contribution in [3.63, 3.8) is 0 Å². The van der Waals surface area contributed by atoms with Gasteiger partial charge in [-0.1, -0.05) is 30.3 Å². The van der Waals surface area contributed by atoms with Crippen LogP contribution in [0.5, 0.6) is 11.5 Å². The summed E-state index contributed by atoms with van der Waals surface area (Å²) in [5.74, 6) is 2.39. The van der Waals surface area contributed by atoms with Crippen LogP contribution >= 0.6 is 0 Å². The second kappa shape index (κ2) is 8.59. The van der Waals surface area contributed by atoms with Gasteiger partial charge in [-0.05, 0) is 54.3 Å². The van der Waals surface area contributed by atoms with Gasteiger partial charge in [0.15, 0.2) is 11.5 Å². The Morgan fingerprint density at radius 2 is 1.77 bits per heavy atom. The molecule has 0 saturated heterocycles. The first-order valence-electron chi connectivity index (χ1n) is 8.73. The first kappa shape index (κ1) is 18.1. The summed E-state index contributed by atoms with van der Waals surface area (Å²) in [7, 11) is 3.31. The highest BCUT2D eigenvalue weighted by molar-refractivity contribution is 5.44. The fourth-order valence-corrected chi connectivity index (χ4v) is 3.07. The van der Waals surface area contributed by atoms with Crippen molar-refractivity contribution in [1.29, 1.82) is 0 Å². The number of rotatable bonds is 8. The molecule has 0 fully saturated rings. The second-order valence-electron chi connectivity index (χ2n) is 6.26. The molecule has 136 valence electrons. The van der Waals surface area contributed by atoms with Crippen molar-refractivity contribution in [2.75, 3.05) is 14.2 Å². The Balaban J connectivity index is 1.87. The lowest BCUT2D eigenvalue weighted by Crippen LogP contribution is -2.23. The van der Waals surface area contributed by atoms with Crippen molar-refractivity contribution >= 4 is 0 Å². The zero-order chi connectivity index (χ0) is 18.4. The van der Waals surface area contributed by atoms with E-state index in [0.717, 1.165) is 29.2 Å². The lowest BCUT2D eigenvalue weighted by Gasteiger charge is -2.21. The van der Waals surface area contributed by atoms with E-state index in [4.69, 9.17) is 13.9 Å². The summed E-state index contributed by atoms with van der Waals surface area (Å²) in [5.41, 5.74) is 3.76. The Morgan fingerprint density at radius 1 is 0.962 bits per heavy atom. The van der Waals surface area contributed by atoms with Crippen LogP contribution in [0.4, 0.5) is 0 Å². The molecule has 0 radical (unpaired) electrons. The van der Waals surface area contributed by atoms with E-state index in [9.17, 15) is 0 Å². The van der Waals surface area contributed by atoms with Crippen LogP contribution < -0.4 is 14.8 Å². The molecular formula is C22H25NO3. The Morgan fingerprint density at radius 3 is 2.46 bits per heavy atom. The van der Waals surface area contributed by atoms with E-state index in [0.29, 0.717) is 6.54 Å². The molecule has 2 aromatic carbocycles. The first-order valence-corrected chi connectivity index (χ1v) is 8.73. The monoisotopic (exact) mass is 351 g/mol. The summed E-state index contributed by atoms with van der Waals surface area (Å²) in [5, 5.41) is 3.61. The maximum absolute atomic E-state index is 5.48. The molecule has 0 aliphatic rings. The molecule has 0 saturated carbocycles. The normalized spacial score (nSPS) is 12.0. The topological polar surface area (TPSA) is 43.6 Å². The number of nitrogens with one attached hydrogen (secondary N) is 1. The average Bonchev–Trinajstić information content (AvgIpc) is 3.19. The number of methoxy groups -OCH3 is 2. The van der Waals surface area contributed by atoms with Crippen LogP contribution in [0.25, 0.3) is 0 Å². The highest BCUT2D eigenvalue weighted by Crippen LogP contribution is 2.31. The summed E-state index contributed by atoms with van der Waals surface area (Å²) in [6.07, 6.45) is 2.58. The smallest absolute Gasteiger partial charge is 0.161 e. The number of aryl methyl sites for hydroxylation is 1. The van der Waals surface area contributed by atoms with Crippen molar-refractivity contribution < 1.29 is 13.9 Å². The summed E-state index contributed by atoms with van der Waals surface area (Å²) in [4.78, 5) is 0. The molecule has 1 unspecified atom stereocenters. The minimum absolute atomic E-state index is 0.126. The minimum atomic E-state index is 0.126. The van der Waals surface area contributed by atoms with Gasteiger partial charge in [0.2, 0.25) is 0 Å². The molecule has 0 spiro atoms. The van der Waals surface area contributed by atoms with Gasteiger partial charge in [-0.2, -0.15) is 0 Å². The largest absolute Gasteiger partial charge is 0.493 e. The second-order valence-corrected chi connectivity index (χ2v) is 6.26. The van der Waals surface area contributed by atoms with Gasteiger partial charge in [0.1, 0.15) is 5.76 Å². The lowest BCUT2D eigenvalue weighted by atomic mass is 9.95. The van der Waals surface area contributed by atoms with Crippen LogP contribution in [0.2, 0.25) is 0 Å². The quantitative estimate of drug-likeness (QED) is 0.640. The zero-order valence-corrected chi connectivity index (χ0v) is 15.5. The van der Waals surface area contributed by atoms with E-state index in [1.807, 2.05) is 24.3 Å². The van der Waals surface area contributed by atoms with E-state index in [-0.39, 0.29) is 6.04 Å². The number of hydrogen-bond acceptors (Lipinski definition) is 4. The number of ether oxygens (including phenoxy) is 2. The van der Waals surface area contributed by atoms with Crippen molar-refractivity contribution in [2.24, 2.45) is 0 Å². The Hall–Kier alpha value is -2.72. The van der Waals surface area contributed by atoms with Gasteiger partial charge >= 0.3 is 0 Å². The van der Waals surface area contributed by atoms with E-state index >= 15 is 0 Å². The maximum Gasteiger partial charge on any atom is 0.161 e. The molecule has 0 bridgehead atoms. The third-order valence-electron chi connectivity index (χ3n) is 4.60. The van der Waals surface area contributed by atoms with Crippen molar-refractivity contribution in [3.8, 4) is 11.5 Å². The van der Waals surface area contributed by atoms with E-state index < -0.39 is 0 Å². The van der Waals surface area contributed by atoms with Gasteiger partial charge in [0.05, 0.1) is 27.0 Å². The molecule has 4 heteroatoms. The van der Waals surface area contributed by atoms with Gasteiger partial charge in [-0.15, -0.1) is 0 Å². The Bertz CT molecular complexity index is 827. The lowest BCUT2D eigenvalue weighted by molar-refractivity contribution is 0.353. The van der Waals surface area contributed by atoms with E-state index in [1.54, 1.807) is 20.5 Å². The van der Waals surface area contributed by atoms with Crippen LogP contribution in [-0.4, -0.2) is 14.2 Å². The van der Waals surface area contributed by atoms with Crippen LogP contribution in [0.1, 0.15) is 28.5 Å². The van der Waals surface area contributed by atoms with Gasteiger partial charge in [0.25, 0.3) is 0 Å². The van der Waals surface area contributed by atoms with Crippen molar-refractivity contribution in [3.05, 3.63) is 83.3 Å². The van der Waals surface area contributed by atoms with Crippen LogP contribution in [0.15, 0.2) is 65.3 Å². The van der Waals surface area contributed by atoms with Gasteiger partial charge < -0.3 is 19.2 Å². The highest BCUT2D eigenvalue weighted by atomic mass is 16.5. The van der Waals surface area contributed by atoms with Crippen LogP contribution in [0, 0.1) is 6.92 Å². The molecule has 3 rings (SSSR count). The molecule has 1 N–H and O–H groups in total. The van der Waals surface area contributed by atoms with Crippen LogP contribution in [-0.2, 0) is 13.0 Å². The third kappa shape index (κ3) is 4.27. The third-order valence-corrected chi connectivity index (χ3v) is 4.60. The Kier molecular flexibility index (Phi) is 5.97. The molecule has 1 heterocycles. The Labute approximate surface area is 154 Å². The van der Waals surface area contributed by atoms with Gasteiger partial charge in [0, 0.05) is 6.04 Å². The average molecular weight is 351 g/mol. The summed E-state index contributed by atoms with van der Waals surface area (Å²) < 4.78 is 16.3. The minimum Gasteiger partial charge on any atom is -0.493 e. The maximum atomic E-state index is 5.48. The molecule has 4 nitrogen and oxygen atoms in total. The molecule has 26 heavy (non-hydrogen) atoms. The molecule has 3 aromatic rings. The highest BCUT2D eigenvalue weighted by Gasteiger charge is 2.16. The molecule has 1 atom stereocenters. The molecule has 1 aromatic heterocycles. The first-order chi connectivity index (χ1) is 12.7. The number of hydrogen-bond donors (Lipinski definition) is 1. The molecular weight excluding hydrogens is 326 g/mol. The zero-order valence-electron chi connectivity index (χ0n) is 15.5. The van der Waals surface area contributed by atoms with Crippen molar-refractivity contribution in [1.82, 2.24) is 5.32 Å². The fraction of sp³-hybridized carbons (Fsp3) is 0.273. The predicted molar refractivity (Wildman–Crippen MR) is 103 cm³/mol. The summed E-state index contributed by atoms with van der Waals surface area (Å²) in [6.45, 7) is 2.81. The number of benzene rings is 2. The summed E-state index contributed by atoms with van der Waals surface area (Å²) >= 11 is 0. The van der Waals surface area contributed by atoms with Crippen LogP contribution in [0.3, 0.4) is 0 Å². The molecule has 0 aliphatic carbocycles. The van der Waals surface area contributed by atoms with Gasteiger partial charge in [-0.3, -0.25) is 0 Å². The standard InChI is InChI=1S/C22H25NO3/c1-16-7-4-5-8-17(16)13-20(23-15-19-9-6-12-26-19)18-10-11-21(24-2)22(14-18)25-3/h4-12,14,20,23H,13,15H2,1-3H3. The molecule has 0 amide bonds. The van der Waals surface area contributed by atoms with Crippen molar-refractivity contribution in [2.45, 2.75) is 25.9 Å². The fourth-order valence-electron chi connectivity index (χ4n) is 3.07. The number of furan rings is 1. The van der Waals surface area contributed by atoms with E-state index in [1.165, 1.54) is 11.1 Å².